The number of methoxy groups -OCH3 is 1. The van der Waals surface area contributed by atoms with Crippen molar-refractivity contribution in [2.45, 2.75) is 13.3 Å². The fourth-order valence-corrected chi connectivity index (χ4v) is 3.09. The summed E-state index contributed by atoms with van der Waals surface area (Å²) in [6, 6.07) is 8.34. The molecule has 0 atom stereocenters. The molecule has 0 aliphatic carbocycles. The summed E-state index contributed by atoms with van der Waals surface area (Å²) < 4.78 is 7.08. The molecule has 26 heavy (non-hydrogen) atoms. The Hall–Kier alpha value is -2.38. The number of aryl methyl sites for hydroxylation is 1. The van der Waals surface area contributed by atoms with Crippen LogP contribution in [0.1, 0.15) is 18.3 Å². The first kappa shape index (κ1) is 18.4. The zero-order valence-electron chi connectivity index (χ0n) is 14.0. The molecule has 1 N–H and O–H groups in total. The maximum atomic E-state index is 12.8. The third-order valence-electron chi connectivity index (χ3n) is 3.79. The molecule has 0 fully saturated rings. The summed E-state index contributed by atoms with van der Waals surface area (Å²) in [5, 5.41) is 15.3. The first-order valence-corrected chi connectivity index (χ1v) is 8.93. The third kappa shape index (κ3) is 3.45. The van der Waals surface area contributed by atoms with Crippen LogP contribution in [-0.4, -0.2) is 28.1 Å². The van der Waals surface area contributed by atoms with Crippen molar-refractivity contribution < 1.29 is 9.84 Å². The maximum absolute atomic E-state index is 12.8. The van der Waals surface area contributed by atoms with E-state index >= 15 is 0 Å². The Bertz CT molecular complexity index is 1080. The van der Waals surface area contributed by atoms with E-state index in [0.29, 0.717) is 33.7 Å². The normalized spacial score (nSPS) is 11.4. The quantitative estimate of drug-likeness (QED) is 0.628. The van der Waals surface area contributed by atoms with Crippen LogP contribution in [0.5, 0.6) is 11.5 Å². The number of aromatic hydroxyl groups is 1. The van der Waals surface area contributed by atoms with E-state index in [4.69, 9.17) is 16.3 Å². The molecule has 3 rings (SSSR count). The highest BCUT2D eigenvalue weighted by atomic mass is 79.9. The zero-order valence-corrected chi connectivity index (χ0v) is 16.4. The van der Waals surface area contributed by atoms with E-state index < -0.39 is 0 Å². The lowest BCUT2D eigenvalue weighted by Gasteiger charge is -2.09. The molecule has 1 heterocycles. The van der Waals surface area contributed by atoms with Crippen LogP contribution in [0.25, 0.3) is 10.9 Å². The minimum absolute atomic E-state index is 0.108. The Kier molecular flexibility index (Phi) is 5.29. The number of hydrogen-bond acceptors (Lipinski definition) is 5. The second-order valence-electron chi connectivity index (χ2n) is 5.45. The molecule has 6 nitrogen and oxygen atoms in total. The van der Waals surface area contributed by atoms with Gasteiger partial charge in [-0.05, 0) is 24.3 Å². The fourth-order valence-electron chi connectivity index (χ4n) is 2.51. The highest BCUT2D eigenvalue weighted by Crippen LogP contribution is 2.32. The van der Waals surface area contributed by atoms with Gasteiger partial charge < -0.3 is 9.84 Å². The molecule has 3 aromatic rings. The summed E-state index contributed by atoms with van der Waals surface area (Å²) in [4.78, 5) is 17.3. The van der Waals surface area contributed by atoms with E-state index in [0.717, 1.165) is 4.47 Å². The predicted octanol–water partition coefficient (Wildman–Crippen LogP) is 3.97. The molecule has 2 aromatic carbocycles. The summed E-state index contributed by atoms with van der Waals surface area (Å²) >= 11 is 9.39. The molecule has 134 valence electrons. The largest absolute Gasteiger partial charge is 0.504 e. The van der Waals surface area contributed by atoms with E-state index in [1.807, 2.05) is 13.0 Å². The smallest absolute Gasteiger partial charge is 0.282 e. The molecule has 0 bridgehead atoms. The minimum atomic E-state index is -0.294. The Morgan fingerprint density at radius 2 is 2.15 bits per heavy atom. The molecule has 0 amide bonds. The van der Waals surface area contributed by atoms with Gasteiger partial charge in [0.25, 0.3) is 5.56 Å². The number of nitrogens with zero attached hydrogens (tertiary/aromatic N) is 3. The molecule has 0 spiro atoms. The van der Waals surface area contributed by atoms with Crippen LogP contribution in [0.2, 0.25) is 5.02 Å². The van der Waals surface area contributed by atoms with Gasteiger partial charge in [0.05, 0.1) is 24.2 Å². The Morgan fingerprint density at radius 1 is 1.38 bits per heavy atom. The lowest BCUT2D eigenvalue weighted by molar-refractivity contribution is 0.373. The number of halogens is 2. The first-order chi connectivity index (χ1) is 12.4. The van der Waals surface area contributed by atoms with Crippen molar-refractivity contribution in [3.05, 3.63) is 61.6 Å². The van der Waals surface area contributed by atoms with Gasteiger partial charge in [-0.25, -0.2) is 4.98 Å². The standard InChI is InChI=1S/C18H15BrClN3O3/c1-3-16-22-14-5-4-11(19)7-13(14)18(25)23(16)21-9-10-6-12(20)8-15(26-2)17(10)24/h4-9,24H,3H2,1-2H3. The summed E-state index contributed by atoms with van der Waals surface area (Å²) in [6.07, 6.45) is 1.87. The number of rotatable bonds is 4. The Labute approximate surface area is 162 Å². The van der Waals surface area contributed by atoms with E-state index in [-0.39, 0.29) is 17.1 Å². The van der Waals surface area contributed by atoms with Crippen LogP contribution >= 0.6 is 27.5 Å². The van der Waals surface area contributed by atoms with Gasteiger partial charge in [-0.3, -0.25) is 4.79 Å². The van der Waals surface area contributed by atoms with E-state index in [9.17, 15) is 9.90 Å². The molecule has 0 aliphatic heterocycles. The third-order valence-corrected chi connectivity index (χ3v) is 4.50. The molecule has 0 aliphatic rings. The van der Waals surface area contributed by atoms with Crippen LogP contribution in [-0.2, 0) is 6.42 Å². The molecule has 0 saturated carbocycles. The second kappa shape index (κ2) is 7.47. The molecule has 0 saturated heterocycles. The molecular formula is C18H15BrClN3O3. The van der Waals surface area contributed by atoms with Gasteiger partial charge in [0.1, 0.15) is 5.82 Å². The van der Waals surface area contributed by atoms with Crippen LogP contribution < -0.4 is 10.3 Å². The van der Waals surface area contributed by atoms with Crippen molar-refractivity contribution in [1.82, 2.24) is 9.66 Å². The van der Waals surface area contributed by atoms with Gasteiger partial charge in [0, 0.05) is 27.5 Å². The number of phenolic OH excluding ortho intramolecular Hbond substituents is 1. The van der Waals surface area contributed by atoms with Crippen molar-refractivity contribution in [3.8, 4) is 11.5 Å². The number of hydrogen-bond donors (Lipinski definition) is 1. The molecule has 0 radical (unpaired) electrons. The summed E-state index contributed by atoms with van der Waals surface area (Å²) in [6.45, 7) is 1.89. The number of ether oxygens (including phenoxy) is 1. The summed E-state index contributed by atoms with van der Waals surface area (Å²) in [5.41, 5.74) is 0.643. The van der Waals surface area contributed by atoms with Gasteiger partial charge in [-0.2, -0.15) is 9.78 Å². The first-order valence-electron chi connectivity index (χ1n) is 7.76. The van der Waals surface area contributed by atoms with Crippen molar-refractivity contribution in [1.29, 1.82) is 0 Å². The van der Waals surface area contributed by atoms with Crippen molar-refractivity contribution in [3.63, 3.8) is 0 Å². The zero-order chi connectivity index (χ0) is 18.8. The van der Waals surface area contributed by atoms with Crippen molar-refractivity contribution >= 4 is 44.6 Å². The monoisotopic (exact) mass is 435 g/mol. The van der Waals surface area contributed by atoms with E-state index in [1.165, 1.54) is 30.1 Å². The van der Waals surface area contributed by atoms with Gasteiger partial charge in [-0.1, -0.05) is 34.5 Å². The SMILES string of the molecule is CCc1nc2ccc(Br)cc2c(=O)n1N=Cc1cc(Cl)cc(OC)c1O. The lowest BCUT2D eigenvalue weighted by atomic mass is 10.2. The maximum Gasteiger partial charge on any atom is 0.282 e. The Morgan fingerprint density at radius 3 is 2.85 bits per heavy atom. The number of phenols is 1. The van der Waals surface area contributed by atoms with Gasteiger partial charge in [0.2, 0.25) is 0 Å². The van der Waals surface area contributed by atoms with E-state index in [2.05, 4.69) is 26.0 Å². The van der Waals surface area contributed by atoms with Crippen LogP contribution in [0, 0.1) is 0 Å². The summed E-state index contributed by atoms with van der Waals surface area (Å²) in [7, 11) is 1.43. The highest BCUT2D eigenvalue weighted by molar-refractivity contribution is 9.10. The van der Waals surface area contributed by atoms with Crippen molar-refractivity contribution in [2.24, 2.45) is 5.10 Å². The van der Waals surface area contributed by atoms with Crippen LogP contribution in [0.15, 0.2) is 44.7 Å². The minimum Gasteiger partial charge on any atom is -0.504 e. The van der Waals surface area contributed by atoms with Gasteiger partial charge >= 0.3 is 0 Å². The molecular weight excluding hydrogens is 422 g/mol. The number of benzene rings is 2. The lowest BCUT2D eigenvalue weighted by Crippen LogP contribution is -2.22. The molecule has 1 aromatic heterocycles. The topological polar surface area (TPSA) is 76.7 Å². The fraction of sp³-hybridized carbons (Fsp3) is 0.167. The van der Waals surface area contributed by atoms with Gasteiger partial charge in [0.15, 0.2) is 11.5 Å². The van der Waals surface area contributed by atoms with Gasteiger partial charge in [-0.15, -0.1) is 0 Å². The summed E-state index contributed by atoms with van der Waals surface area (Å²) in [5.74, 6) is 0.625. The Balaban J connectivity index is 2.17. The average molecular weight is 437 g/mol. The average Bonchev–Trinajstić information content (AvgIpc) is 2.63. The number of aromatic nitrogens is 2. The van der Waals surface area contributed by atoms with Crippen LogP contribution in [0.4, 0.5) is 0 Å². The predicted molar refractivity (Wildman–Crippen MR) is 106 cm³/mol. The van der Waals surface area contributed by atoms with E-state index in [1.54, 1.807) is 12.1 Å². The molecule has 8 heteroatoms. The second-order valence-corrected chi connectivity index (χ2v) is 6.80. The molecule has 0 unspecified atom stereocenters. The number of fused-ring (bicyclic) bond motifs is 1. The highest BCUT2D eigenvalue weighted by Gasteiger charge is 2.11. The van der Waals surface area contributed by atoms with Crippen LogP contribution in [0.3, 0.4) is 0 Å². The van der Waals surface area contributed by atoms with Crippen molar-refractivity contribution in [2.75, 3.05) is 7.11 Å².